The van der Waals surface area contributed by atoms with Crippen molar-refractivity contribution in [3.8, 4) is 5.75 Å². The Morgan fingerprint density at radius 2 is 1.95 bits per heavy atom. The molecule has 0 unspecified atom stereocenters. The number of aliphatic carboxylic acids is 1. The van der Waals surface area contributed by atoms with Crippen LogP contribution in [0.2, 0.25) is 10.0 Å². The second-order valence-electron chi connectivity index (χ2n) is 4.08. The van der Waals surface area contributed by atoms with Crippen LogP contribution in [0.3, 0.4) is 0 Å². The molecule has 0 saturated carbocycles. The van der Waals surface area contributed by atoms with Gasteiger partial charge >= 0.3 is 5.97 Å². The normalized spacial score (nSPS) is 10.8. The number of para-hydroxylation sites is 1. The maximum absolute atomic E-state index is 10.4. The van der Waals surface area contributed by atoms with E-state index in [0.717, 1.165) is 5.56 Å². The molecule has 0 bridgehead atoms. The molecule has 0 aliphatic heterocycles. The number of carbonyl (C=O) groups is 1. The van der Waals surface area contributed by atoms with Gasteiger partial charge in [0, 0.05) is 6.21 Å². The van der Waals surface area contributed by atoms with Crippen LogP contribution in [-0.2, 0) is 4.79 Å². The van der Waals surface area contributed by atoms with Crippen LogP contribution in [0.25, 0.3) is 0 Å². The molecule has 6 heteroatoms. The Morgan fingerprint density at radius 1 is 1.19 bits per heavy atom. The Labute approximate surface area is 131 Å². The summed E-state index contributed by atoms with van der Waals surface area (Å²) in [6, 6.07) is 12.2. The molecule has 21 heavy (non-hydrogen) atoms. The Balaban J connectivity index is 2.13. The highest BCUT2D eigenvalue weighted by Crippen LogP contribution is 2.26. The van der Waals surface area contributed by atoms with E-state index in [1.54, 1.807) is 36.5 Å². The molecule has 0 spiro atoms. The highest BCUT2D eigenvalue weighted by Gasteiger charge is 2.05. The van der Waals surface area contributed by atoms with Crippen molar-refractivity contribution in [3.63, 3.8) is 0 Å². The highest BCUT2D eigenvalue weighted by atomic mass is 35.5. The molecule has 0 amide bonds. The van der Waals surface area contributed by atoms with Gasteiger partial charge in [-0.2, -0.15) is 0 Å². The van der Waals surface area contributed by atoms with Gasteiger partial charge in [-0.25, -0.2) is 4.79 Å². The molecule has 108 valence electrons. The molecule has 0 radical (unpaired) electrons. The van der Waals surface area contributed by atoms with Crippen molar-refractivity contribution < 1.29 is 14.6 Å². The van der Waals surface area contributed by atoms with Crippen LogP contribution in [0.4, 0.5) is 5.69 Å². The SMILES string of the molecule is O=C(O)COc1ccc(C=Nc2ccccc2Cl)cc1Cl. The zero-order valence-corrected chi connectivity index (χ0v) is 12.3. The second-order valence-corrected chi connectivity index (χ2v) is 4.90. The molecule has 0 fully saturated rings. The van der Waals surface area contributed by atoms with E-state index in [2.05, 4.69) is 4.99 Å². The molecule has 0 heterocycles. The lowest BCUT2D eigenvalue weighted by Crippen LogP contribution is -2.09. The average Bonchev–Trinajstić information content (AvgIpc) is 2.45. The van der Waals surface area contributed by atoms with E-state index in [0.29, 0.717) is 21.5 Å². The number of nitrogens with zero attached hydrogens (tertiary/aromatic N) is 1. The van der Waals surface area contributed by atoms with Gasteiger partial charge in [0.2, 0.25) is 0 Å². The molecule has 0 aliphatic rings. The number of aliphatic imine (C=N–C) groups is 1. The highest BCUT2D eigenvalue weighted by molar-refractivity contribution is 6.33. The number of hydrogen-bond acceptors (Lipinski definition) is 3. The maximum Gasteiger partial charge on any atom is 0.341 e. The molecule has 0 aliphatic carbocycles. The lowest BCUT2D eigenvalue weighted by Gasteiger charge is -2.05. The Bertz CT molecular complexity index is 686. The lowest BCUT2D eigenvalue weighted by atomic mass is 10.2. The molecule has 0 aromatic heterocycles. The quantitative estimate of drug-likeness (QED) is 0.838. The maximum atomic E-state index is 10.4. The summed E-state index contributed by atoms with van der Waals surface area (Å²) >= 11 is 12.0. The number of halogens is 2. The summed E-state index contributed by atoms with van der Waals surface area (Å²) in [7, 11) is 0. The van der Waals surface area contributed by atoms with E-state index in [1.165, 1.54) is 0 Å². The van der Waals surface area contributed by atoms with Crippen molar-refractivity contribution in [2.24, 2.45) is 4.99 Å². The van der Waals surface area contributed by atoms with Crippen molar-refractivity contribution >= 4 is 41.1 Å². The van der Waals surface area contributed by atoms with Gasteiger partial charge in [0.15, 0.2) is 6.61 Å². The number of benzene rings is 2. The fourth-order valence-electron chi connectivity index (χ4n) is 1.55. The van der Waals surface area contributed by atoms with E-state index >= 15 is 0 Å². The number of carboxylic acid groups (broad SMARTS) is 1. The van der Waals surface area contributed by atoms with Crippen molar-refractivity contribution in [1.29, 1.82) is 0 Å². The Kier molecular flexibility index (Phi) is 5.20. The average molecular weight is 324 g/mol. The zero-order chi connectivity index (χ0) is 15.2. The largest absolute Gasteiger partial charge is 0.480 e. The van der Waals surface area contributed by atoms with E-state index in [1.807, 2.05) is 12.1 Å². The first-order valence-electron chi connectivity index (χ1n) is 5.99. The number of rotatable bonds is 5. The van der Waals surface area contributed by atoms with Gasteiger partial charge in [0.1, 0.15) is 5.75 Å². The third-order valence-electron chi connectivity index (χ3n) is 2.51. The monoisotopic (exact) mass is 323 g/mol. The molecular formula is C15H11Cl2NO3. The van der Waals surface area contributed by atoms with Gasteiger partial charge in [0.25, 0.3) is 0 Å². The standard InChI is InChI=1S/C15H11Cl2NO3/c16-11-3-1-2-4-13(11)18-8-10-5-6-14(12(17)7-10)21-9-15(19)20/h1-8H,9H2,(H,19,20). The van der Waals surface area contributed by atoms with Crippen LogP contribution < -0.4 is 4.74 Å². The van der Waals surface area contributed by atoms with Crippen molar-refractivity contribution in [2.75, 3.05) is 6.61 Å². The van der Waals surface area contributed by atoms with Crippen LogP contribution >= 0.6 is 23.2 Å². The third kappa shape index (κ3) is 4.48. The molecule has 2 aromatic carbocycles. The molecule has 0 atom stereocenters. The minimum absolute atomic E-state index is 0.314. The first kappa shape index (κ1) is 15.4. The van der Waals surface area contributed by atoms with E-state index in [9.17, 15) is 4.79 Å². The number of hydrogen-bond donors (Lipinski definition) is 1. The zero-order valence-electron chi connectivity index (χ0n) is 10.8. The minimum Gasteiger partial charge on any atom is -0.480 e. The van der Waals surface area contributed by atoms with Crippen molar-refractivity contribution in [2.45, 2.75) is 0 Å². The van der Waals surface area contributed by atoms with Crippen molar-refractivity contribution in [3.05, 3.63) is 58.1 Å². The summed E-state index contributed by atoms with van der Waals surface area (Å²) < 4.78 is 5.04. The van der Waals surface area contributed by atoms with Crippen LogP contribution in [0.1, 0.15) is 5.56 Å². The molecule has 2 aromatic rings. The second kappa shape index (κ2) is 7.11. The van der Waals surface area contributed by atoms with E-state index < -0.39 is 12.6 Å². The van der Waals surface area contributed by atoms with Gasteiger partial charge in [-0.3, -0.25) is 4.99 Å². The minimum atomic E-state index is -1.06. The summed E-state index contributed by atoms with van der Waals surface area (Å²) in [6.07, 6.45) is 1.62. The van der Waals surface area contributed by atoms with Gasteiger partial charge in [-0.1, -0.05) is 35.3 Å². The molecular weight excluding hydrogens is 313 g/mol. The lowest BCUT2D eigenvalue weighted by molar-refractivity contribution is -0.139. The Morgan fingerprint density at radius 3 is 2.62 bits per heavy atom. The predicted octanol–water partition coefficient (Wildman–Crippen LogP) is 4.21. The Hall–Kier alpha value is -2.04. The summed E-state index contributed by atoms with van der Waals surface area (Å²) in [6.45, 7) is -0.438. The summed E-state index contributed by atoms with van der Waals surface area (Å²) in [5, 5.41) is 9.43. The van der Waals surface area contributed by atoms with Crippen molar-refractivity contribution in [1.82, 2.24) is 0 Å². The predicted molar refractivity (Wildman–Crippen MR) is 83.3 cm³/mol. The number of ether oxygens (including phenoxy) is 1. The van der Waals surface area contributed by atoms with Crippen LogP contribution in [0, 0.1) is 0 Å². The smallest absolute Gasteiger partial charge is 0.341 e. The summed E-state index contributed by atoms with van der Waals surface area (Å²) in [5.74, 6) is -0.746. The first-order valence-corrected chi connectivity index (χ1v) is 6.74. The first-order chi connectivity index (χ1) is 10.1. The van der Waals surface area contributed by atoms with Gasteiger partial charge in [-0.15, -0.1) is 0 Å². The molecule has 2 rings (SSSR count). The van der Waals surface area contributed by atoms with Crippen LogP contribution in [-0.4, -0.2) is 23.9 Å². The third-order valence-corrected chi connectivity index (χ3v) is 3.13. The van der Waals surface area contributed by atoms with Gasteiger partial charge in [-0.05, 0) is 35.9 Å². The van der Waals surface area contributed by atoms with Gasteiger partial charge in [0.05, 0.1) is 15.7 Å². The fraction of sp³-hybridized carbons (Fsp3) is 0.0667. The van der Waals surface area contributed by atoms with E-state index in [-0.39, 0.29) is 0 Å². The molecule has 4 nitrogen and oxygen atoms in total. The van der Waals surface area contributed by atoms with Crippen LogP contribution in [0.15, 0.2) is 47.5 Å². The molecule has 1 N–H and O–H groups in total. The topological polar surface area (TPSA) is 58.9 Å². The summed E-state index contributed by atoms with van der Waals surface area (Å²) in [4.78, 5) is 14.7. The van der Waals surface area contributed by atoms with E-state index in [4.69, 9.17) is 33.0 Å². The van der Waals surface area contributed by atoms with Gasteiger partial charge < -0.3 is 9.84 Å². The molecule has 0 saturated heterocycles. The van der Waals surface area contributed by atoms with Crippen LogP contribution in [0.5, 0.6) is 5.75 Å². The summed E-state index contributed by atoms with van der Waals surface area (Å²) in [5.41, 5.74) is 1.41. The number of carboxylic acids is 1. The fourth-order valence-corrected chi connectivity index (χ4v) is 1.98.